The van der Waals surface area contributed by atoms with E-state index in [0.29, 0.717) is 18.2 Å². The molecule has 1 aromatic carbocycles. The second kappa shape index (κ2) is 9.71. The lowest BCUT2D eigenvalue weighted by atomic mass is 9.88. The molecule has 1 saturated heterocycles. The molecular formula is C24H36N4O2. The largest absolute Gasteiger partial charge is 0.508 e. The topological polar surface area (TPSA) is 77.0 Å². The minimum absolute atomic E-state index is 0.228. The number of phenolic OH excluding ortho intramolecular Hbond substituents is 1. The van der Waals surface area contributed by atoms with Crippen LogP contribution in [0.2, 0.25) is 0 Å². The summed E-state index contributed by atoms with van der Waals surface area (Å²) in [5, 5.41) is 17.3. The summed E-state index contributed by atoms with van der Waals surface area (Å²) in [6, 6.07) is 4.11. The van der Waals surface area contributed by atoms with E-state index in [9.17, 15) is 9.90 Å². The average Bonchev–Trinajstić information content (AvgIpc) is 3.45. The minimum atomic E-state index is 0.228. The number of hydrogen-bond donors (Lipinski definition) is 3. The molecule has 0 spiro atoms. The number of likely N-dealkylation sites (tertiary alicyclic amines) is 1. The predicted octanol–water partition coefficient (Wildman–Crippen LogP) is 3.12. The van der Waals surface area contributed by atoms with E-state index in [2.05, 4.69) is 23.6 Å². The van der Waals surface area contributed by atoms with Crippen LogP contribution in [0.3, 0.4) is 0 Å². The van der Waals surface area contributed by atoms with E-state index in [0.717, 1.165) is 63.3 Å². The van der Waals surface area contributed by atoms with Crippen LogP contribution in [0, 0.1) is 5.92 Å². The molecule has 0 bridgehead atoms. The molecule has 0 aromatic heterocycles. The van der Waals surface area contributed by atoms with Crippen molar-refractivity contribution < 1.29 is 9.90 Å². The van der Waals surface area contributed by atoms with Crippen molar-refractivity contribution in [2.75, 3.05) is 19.6 Å². The van der Waals surface area contributed by atoms with Crippen LogP contribution in [-0.4, -0.2) is 47.5 Å². The Bertz CT molecular complexity index is 786. The summed E-state index contributed by atoms with van der Waals surface area (Å²) in [6.45, 7) is 4.90. The Balaban J connectivity index is 1.40. The maximum atomic E-state index is 12.7. The van der Waals surface area contributed by atoms with Crippen molar-refractivity contribution in [3.8, 4) is 5.75 Å². The number of amides is 1. The number of nitrogens with one attached hydrogen (secondary N) is 2. The molecule has 1 aliphatic heterocycles. The fourth-order valence-electron chi connectivity index (χ4n) is 5.25. The summed E-state index contributed by atoms with van der Waals surface area (Å²) in [7, 11) is 0. The molecule has 30 heavy (non-hydrogen) atoms. The van der Waals surface area contributed by atoms with E-state index in [-0.39, 0.29) is 12.0 Å². The lowest BCUT2D eigenvalue weighted by Gasteiger charge is -2.22. The van der Waals surface area contributed by atoms with Crippen LogP contribution < -0.4 is 10.6 Å². The predicted molar refractivity (Wildman–Crippen MR) is 120 cm³/mol. The highest BCUT2D eigenvalue weighted by Gasteiger charge is 2.32. The van der Waals surface area contributed by atoms with Crippen LogP contribution in [-0.2, 0) is 24.2 Å². The fraction of sp³-hybridized carbons (Fsp3) is 0.667. The van der Waals surface area contributed by atoms with Crippen molar-refractivity contribution in [3.05, 3.63) is 28.8 Å². The van der Waals surface area contributed by atoms with Gasteiger partial charge >= 0.3 is 0 Å². The third-order valence-corrected chi connectivity index (χ3v) is 6.91. The van der Waals surface area contributed by atoms with E-state index in [1.807, 2.05) is 11.0 Å². The van der Waals surface area contributed by atoms with Crippen molar-refractivity contribution in [1.29, 1.82) is 0 Å². The van der Waals surface area contributed by atoms with Crippen LogP contribution in [0.5, 0.6) is 5.75 Å². The number of carbonyl (C=O) groups is 1. The number of nitrogens with zero attached hydrogens (tertiary/aromatic N) is 2. The van der Waals surface area contributed by atoms with Gasteiger partial charge in [-0.15, -0.1) is 0 Å². The summed E-state index contributed by atoms with van der Waals surface area (Å²) in [6.07, 6.45) is 9.98. The zero-order chi connectivity index (χ0) is 20.9. The van der Waals surface area contributed by atoms with Gasteiger partial charge in [0, 0.05) is 37.2 Å². The van der Waals surface area contributed by atoms with Gasteiger partial charge in [0.25, 0.3) is 0 Å². The standard InChI is InChI=1S/C24H36N4O2/c1-2-25-24(26-15-21-20-10-6-5-7-17(20)11-12-22(21)29)27-19-13-14-28(16-19)23(30)18-8-3-4-9-18/h11-12,18-19,29H,2-10,13-16H2,1H3,(H2,25,26,27). The summed E-state index contributed by atoms with van der Waals surface area (Å²) >= 11 is 0. The van der Waals surface area contributed by atoms with Crippen molar-refractivity contribution >= 4 is 11.9 Å². The van der Waals surface area contributed by atoms with Crippen LogP contribution in [0.1, 0.15) is 68.6 Å². The van der Waals surface area contributed by atoms with Crippen molar-refractivity contribution in [2.24, 2.45) is 10.9 Å². The molecule has 3 aliphatic rings. The van der Waals surface area contributed by atoms with E-state index in [1.165, 1.54) is 36.8 Å². The van der Waals surface area contributed by atoms with Crippen LogP contribution >= 0.6 is 0 Å². The van der Waals surface area contributed by atoms with Gasteiger partial charge in [-0.2, -0.15) is 0 Å². The molecular weight excluding hydrogens is 376 g/mol. The number of aryl methyl sites for hydroxylation is 1. The molecule has 1 unspecified atom stereocenters. The van der Waals surface area contributed by atoms with Gasteiger partial charge in [0.05, 0.1) is 6.54 Å². The Morgan fingerprint density at radius 3 is 2.77 bits per heavy atom. The van der Waals surface area contributed by atoms with Gasteiger partial charge < -0.3 is 20.6 Å². The van der Waals surface area contributed by atoms with Crippen molar-refractivity contribution in [3.63, 3.8) is 0 Å². The lowest BCUT2D eigenvalue weighted by molar-refractivity contribution is -0.134. The maximum absolute atomic E-state index is 12.7. The van der Waals surface area contributed by atoms with Crippen LogP contribution in [0.15, 0.2) is 17.1 Å². The first-order chi connectivity index (χ1) is 14.7. The molecule has 164 valence electrons. The number of hydrogen-bond acceptors (Lipinski definition) is 3. The molecule has 0 radical (unpaired) electrons. The third kappa shape index (κ3) is 4.73. The molecule has 2 aliphatic carbocycles. The average molecular weight is 413 g/mol. The Morgan fingerprint density at radius 2 is 1.97 bits per heavy atom. The molecule has 1 saturated carbocycles. The van der Waals surface area contributed by atoms with Gasteiger partial charge in [0.2, 0.25) is 5.91 Å². The Kier molecular flexibility index (Phi) is 6.80. The second-order valence-corrected chi connectivity index (χ2v) is 9.00. The molecule has 6 nitrogen and oxygen atoms in total. The monoisotopic (exact) mass is 412 g/mol. The van der Waals surface area contributed by atoms with Gasteiger partial charge in [-0.1, -0.05) is 18.9 Å². The van der Waals surface area contributed by atoms with Gasteiger partial charge in [0.15, 0.2) is 5.96 Å². The Morgan fingerprint density at radius 1 is 1.17 bits per heavy atom. The molecule has 1 atom stereocenters. The normalized spacial score (nSPS) is 22.2. The number of carbonyl (C=O) groups excluding carboxylic acids is 1. The van der Waals surface area contributed by atoms with E-state index in [1.54, 1.807) is 0 Å². The number of aliphatic imine (C=N–C) groups is 1. The molecule has 1 heterocycles. The Labute approximate surface area is 180 Å². The van der Waals surface area contributed by atoms with Gasteiger partial charge in [-0.05, 0) is 69.1 Å². The molecule has 3 N–H and O–H groups in total. The summed E-state index contributed by atoms with van der Waals surface area (Å²) in [5.41, 5.74) is 3.61. The third-order valence-electron chi connectivity index (χ3n) is 6.91. The summed E-state index contributed by atoms with van der Waals surface area (Å²) in [5.74, 6) is 1.72. The zero-order valence-corrected chi connectivity index (χ0v) is 18.3. The molecule has 6 heteroatoms. The van der Waals surface area contributed by atoms with Crippen molar-refractivity contribution in [2.45, 2.75) is 77.3 Å². The van der Waals surface area contributed by atoms with Crippen molar-refractivity contribution in [1.82, 2.24) is 15.5 Å². The number of benzene rings is 1. The highest BCUT2D eigenvalue weighted by Crippen LogP contribution is 2.31. The quantitative estimate of drug-likeness (QED) is 0.513. The van der Waals surface area contributed by atoms with Gasteiger partial charge in [0.1, 0.15) is 5.75 Å². The number of phenols is 1. The zero-order valence-electron chi connectivity index (χ0n) is 18.3. The first kappa shape index (κ1) is 21.0. The Hall–Kier alpha value is -2.24. The number of rotatable bonds is 5. The van der Waals surface area contributed by atoms with Gasteiger partial charge in [-0.25, -0.2) is 4.99 Å². The van der Waals surface area contributed by atoms with E-state index in [4.69, 9.17) is 4.99 Å². The second-order valence-electron chi connectivity index (χ2n) is 9.00. The number of fused-ring (bicyclic) bond motifs is 1. The number of aromatic hydroxyl groups is 1. The maximum Gasteiger partial charge on any atom is 0.225 e. The highest BCUT2D eigenvalue weighted by atomic mass is 16.3. The van der Waals surface area contributed by atoms with Gasteiger partial charge in [-0.3, -0.25) is 4.79 Å². The minimum Gasteiger partial charge on any atom is -0.508 e. The summed E-state index contributed by atoms with van der Waals surface area (Å²) in [4.78, 5) is 19.5. The molecule has 1 aromatic rings. The van der Waals surface area contributed by atoms with Crippen LogP contribution in [0.25, 0.3) is 0 Å². The number of guanidine groups is 1. The first-order valence-corrected chi connectivity index (χ1v) is 11.8. The lowest BCUT2D eigenvalue weighted by Crippen LogP contribution is -2.45. The van der Waals surface area contributed by atoms with E-state index < -0.39 is 0 Å². The summed E-state index contributed by atoms with van der Waals surface area (Å²) < 4.78 is 0. The first-order valence-electron chi connectivity index (χ1n) is 11.8. The fourth-order valence-corrected chi connectivity index (χ4v) is 5.25. The molecule has 2 fully saturated rings. The van der Waals surface area contributed by atoms with E-state index >= 15 is 0 Å². The smallest absolute Gasteiger partial charge is 0.225 e. The highest BCUT2D eigenvalue weighted by molar-refractivity contribution is 5.81. The SMILES string of the molecule is CCNC(=NCc1c(O)ccc2c1CCCC2)NC1CCN(C(=O)C2CCCC2)C1. The molecule has 1 amide bonds. The molecule has 4 rings (SSSR count). The van der Waals surface area contributed by atoms with Crippen LogP contribution in [0.4, 0.5) is 0 Å².